The van der Waals surface area contributed by atoms with Gasteiger partial charge in [0.25, 0.3) is 0 Å². The van der Waals surface area contributed by atoms with E-state index in [0.717, 1.165) is 22.7 Å². The third-order valence-electron chi connectivity index (χ3n) is 2.88. The maximum atomic E-state index is 9.32. The summed E-state index contributed by atoms with van der Waals surface area (Å²) in [6, 6.07) is 9.55. The molecule has 2 rings (SSSR count). The molecule has 1 heterocycles. The summed E-state index contributed by atoms with van der Waals surface area (Å²) in [7, 11) is 3.59. The summed E-state index contributed by atoms with van der Waals surface area (Å²) in [5.74, 6) is 0.820. The molecule has 4 heteroatoms. The number of benzene rings is 1. The van der Waals surface area contributed by atoms with Crippen molar-refractivity contribution in [1.82, 2.24) is 4.98 Å². The molecular weight excluding hydrogens is 228 g/mol. The van der Waals surface area contributed by atoms with E-state index < -0.39 is 0 Å². The van der Waals surface area contributed by atoms with E-state index in [1.807, 2.05) is 42.3 Å². The third kappa shape index (κ3) is 2.43. The standard InChI is InChI=1S/C14H16N2O2/c1-16(12-3-5-13(18-2)6-4-12)14-9-15-8-7-11(14)10-17/h3-9,17H,10H2,1-2H3. The van der Waals surface area contributed by atoms with Gasteiger partial charge in [-0.2, -0.15) is 0 Å². The monoisotopic (exact) mass is 244 g/mol. The molecule has 0 aliphatic carbocycles. The number of hydrogen-bond donors (Lipinski definition) is 1. The zero-order valence-corrected chi connectivity index (χ0v) is 10.5. The minimum Gasteiger partial charge on any atom is -0.497 e. The minimum atomic E-state index is -0.00164. The number of aliphatic hydroxyl groups excluding tert-OH is 1. The van der Waals surface area contributed by atoms with Gasteiger partial charge in [-0.3, -0.25) is 4.98 Å². The maximum Gasteiger partial charge on any atom is 0.119 e. The van der Waals surface area contributed by atoms with Crippen LogP contribution in [-0.2, 0) is 6.61 Å². The van der Waals surface area contributed by atoms with Crippen LogP contribution >= 0.6 is 0 Å². The van der Waals surface area contributed by atoms with Crippen LogP contribution in [0.2, 0.25) is 0 Å². The number of aliphatic hydroxyl groups is 1. The summed E-state index contributed by atoms with van der Waals surface area (Å²) in [4.78, 5) is 6.08. The molecule has 0 atom stereocenters. The van der Waals surface area contributed by atoms with E-state index >= 15 is 0 Å². The van der Waals surface area contributed by atoms with Crippen molar-refractivity contribution in [2.75, 3.05) is 19.1 Å². The molecule has 0 spiro atoms. The SMILES string of the molecule is COc1ccc(N(C)c2cnccc2CO)cc1. The molecule has 0 aliphatic rings. The van der Waals surface area contributed by atoms with Crippen LogP contribution in [0, 0.1) is 0 Å². The first-order valence-electron chi connectivity index (χ1n) is 5.68. The van der Waals surface area contributed by atoms with E-state index in [1.54, 1.807) is 19.5 Å². The van der Waals surface area contributed by atoms with E-state index in [4.69, 9.17) is 4.74 Å². The van der Waals surface area contributed by atoms with Gasteiger partial charge in [0.05, 0.1) is 25.6 Å². The molecule has 18 heavy (non-hydrogen) atoms. The second-order valence-corrected chi connectivity index (χ2v) is 3.92. The molecule has 0 bridgehead atoms. The van der Waals surface area contributed by atoms with Gasteiger partial charge in [0, 0.05) is 24.5 Å². The van der Waals surface area contributed by atoms with Crippen molar-refractivity contribution in [3.8, 4) is 5.75 Å². The number of anilines is 2. The van der Waals surface area contributed by atoms with Gasteiger partial charge in [-0.1, -0.05) is 0 Å². The van der Waals surface area contributed by atoms with Gasteiger partial charge < -0.3 is 14.7 Å². The van der Waals surface area contributed by atoms with Crippen LogP contribution in [0.3, 0.4) is 0 Å². The molecule has 1 N–H and O–H groups in total. The number of methoxy groups -OCH3 is 1. The van der Waals surface area contributed by atoms with Crippen LogP contribution < -0.4 is 9.64 Å². The predicted octanol–water partition coefficient (Wildman–Crippen LogP) is 2.35. The predicted molar refractivity (Wildman–Crippen MR) is 71.2 cm³/mol. The number of rotatable bonds is 4. The third-order valence-corrected chi connectivity index (χ3v) is 2.88. The summed E-state index contributed by atoms with van der Waals surface area (Å²) in [5.41, 5.74) is 2.76. The normalized spacial score (nSPS) is 10.2. The second kappa shape index (κ2) is 5.51. The lowest BCUT2D eigenvalue weighted by atomic mass is 10.2. The van der Waals surface area contributed by atoms with Gasteiger partial charge in [0.15, 0.2) is 0 Å². The molecule has 1 aromatic heterocycles. The van der Waals surface area contributed by atoms with Crippen LogP contribution in [0.1, 0.15) is 5.56 Å². The van der Waals surface area contributed by atoms with Crippen molar-refractivity contribution in [3.05, 3.63) is 48.3 Å². The molecule has 1 aromatic carbocycles. The highest BCUT2D eigenvalue weighted by Crippen LogP contribution is 2.27. The van der Waals surface area contributed by atoms with E-state index in [9.17, 15) is 5.11 Å². The molecule has 94 valence electrons. The lowest BCUT2D eigenvalue weighted by Gasteiger charge is -2.21. The molecule has 0 fully saturated rings. The van der Waals surface area contributed by atoms with E-state index in [0.29, 0.717) is 0 Å². The van der Waals surface area contributed by atoms with Crippen LogP contribution in [0.15, 0.2) is 42.7 Å². The fourth-order valence-corrected chi connectivity index (χ4v) is 1.80. The smallest absolute Gasteiger partial charge is 0.119 e. The Morgan fingerprint density at radius 3 is 2.56 bits per heavy atom. The first kappa shape index (κ1) is 12.4. The van der Waals surface area contributed by atoms with Gasteiger partial charge in [-0.15, -0.1) is 0 Å². The van der Waals surface area contributed by atoms with Crippen molar-refractivity contribution in [1.29, 1.82) is 0 Å². The Hall–Kier alpha value is -2.07. The van der Waals surface area contributed by atoms with Crippen LogP contribution in [0.25, 0.3) is 0 Å². The number of ether oxygens (including phenoxy) is 1. The van der Waals surface area contributed by atoms with Crippen LogP contribution in [-0.4, -0.2) is 24.2 Å². The zero-order valence-electron chi connectivity index (χ0n) is 10.5. The number of hydrogen-bond acceptors (Lipinski definition) is 4. The Kier molecular flexibility index (Phi) is 3.79. The Morgan fingerprint density at radius 1 is 1.22 bits per heavy atom. The van der Waals surface area contributed by atoms with Gasteiger partial charge >= 0.3 is 0 Å². The molecule has 0 saturated carbocycles. The van der Waals surface area contributed by atoms with Gasteiger partial charge in [0.2, 0.25) is 0 Å². The van der Waals surface area contributed by atoms with Crippen molar-refractivity contribution < 1.29 is 9.84 Å². The molecule has 4 nitrogen and oxygen atoms in total. The first-order valence-corrected chi connectivity index (χ1v) is 5.68. The molecule has 0 unspecified atom stereocenters. The topological polar surface area (TPSA) is 45.6 Å². The van der Waals surface area contributed by atoms with Gasteiger partial charge in [0.1, 0.15) is 5.75 Å². The van der Waals surface area contributed by atoms with Crippen molar-refractivity contribution >= 4 is 11.4 Å². The highest BCUT2D eigenvalue weighted by Gasteiger charge is 2.08. The summed E-state index contributed by atoms with van der Waals surface area (Å²) < 4.78 is 5.13. The van der Waals surface area contributed by atoms with Crippen LogP contribution in [0.5, 0.6) is 5.75 Å². The summed E-state index contributed by atoms with van der Waals surface area (Å²) in [5, 5.41) is 9.32. The number of pyridine rings is 1. The molecule has 0 aliphatic heterocycles. The van der Waals surface area contributed by atoms with Crippen LogP contribution in [0.4, 0.5) is 11.4 Å². The van der Waals surface area contributed by atoms with E-state index in [-0.39, 0.29) is 6.61 Å². The molecular formula is C14H16N2O2. The maximum absolute atomic E-state index is 9.32. The van der Waals surface area contributed by atoms with Gasteiger partial charge in [-0.05, 0) is 30.3 Å². The second-order valence-electron chi connectivity index (χ2n) is 3.92. The van der Waals surface area contributed by atoms with Crippen molar-refractivity contribution in [3.63, 3.8) is 0 Å². The molecule has 0 amide bonds. The first-order chi connectivity index (χ1) is 8.76. The van der Waals surface area contributed by atoms with Crippen molar-refractivity contribution in [2.45, 2.75) is 6.61 Å². The average molecular weight is 244 g/mol. The fraction of sp³-hybridized carbons (Fsp3) is 0.214. The van der Waals surface area contributed by atoms with E-state index in [2.05, 4.69) is 4.98 Å². The Morgan fingerprint density at radius 2 is 1.94 bits per heavy atom. The van der Waals surface area contributed by atoms with Gasteiger partial charge in [-0.25, -0.2) is 0 Å². The zero-order chi connectivity index (χ0) is 13.0. The summed E-state index contributed by atoms with van der Waals surface area (Å²) in [6.45, 7) is -0.00164. The Labute approximate surface area is 106 Å². The average Bonchev–Trinajstić information content (AvgIpc) is 2.46. The number of nitrogens with zero attached hydrogens (tertiary/aromatic N) is 2. The highest BCUT2D eigenvalue weighted by atomic mass is 16.5. The Balaban J connectivity index is 2.31. The molecule has 2 aromatic rings. The quantitative estimate of drug-likeness (QED) is 0.896. The largest absolute Gasteiger partial charge is 0.497 e. The van der Waals surface area contributed by atoms with Crippen molar-refractivity contribution in [2.24, 2.45) is 0 Å². The lowest BCUT2D eigenvalue weighted by molar-refractivity contribution is 0.282. The number of aromatic nitrogens is 1. The fourth-order valence-electron chi connectivity index (χ4n) is 1.80. The summed E-state index contributed by atoms with van der Waals surface area (Å²) >= 11 is 0. The molecule has 0 saturated heterocycles. The Bertz CT molecular complexity index is 511. The molecule has 0 radical (unpaired) electrons. The highest BCUT2D eigenvalue weighted by molar-refractivity contribution is 5.65. The summed E-state index contributed by atoms with van der Waals surface area (Å²) in [6.07, 6.45) is 3.42. The van der Waals surface area contributed by atoms with E-state index in [1.165, 1.54) is 0 Å². The lowest BCUT2D eigenvalue weighted by Crippen LogP contribution is -2.12. The minimum absolute atomic E-state index is 0.00164.